The van der Waals surface area contributed by atoms with E-state index in [0.717, 1.165) is 60.6 Å². The summed E-state index contributed by atoms with van der Waals surface area (Å²) in [5.74, 6) is -0.693. The molecule has 1 amide bonds. The number of nitrogens with zero attached hydrogens (tertiary/aromatic N) is 2. The second-order valence-corrected chi connectivity index (χ2v) is 9.23. The summed E-state index contributed by atoms with van der Waals surface area (Å²) in [7, 11) is 0. The van der Waals surface area contributed by atoms with Crippen LogP contribution in [0.3, 0.4) is 0 Å². The molecular formula is C25H23F2N3O. The molecule has 1 aromatic heterocycles. The number of carbonyl (C=O) groups excluding carboxylic acids is 1. The van der Waals surface area contributed by atoms with Crippen molar-refractivity contribution in [2.45, 2.75) is 50.5 Å². The molecule has 31 heavy (non-hydrogen) atoms. The van der Waals surface area contributed by atoms with Crippen LogP contribution < -0.4 is 5.32 Å². The van der Waals surface area contributed by atoms with Gasteiger partial charge in [0.25, 0.3) is 5.91 Å². The highest BCUT2D eigenvalue weighted by molar-refractivity contribution is 5.95. The highest BCUT2D eigenvalue weighted by Crippen LogP contribution is 2.57. The predicted molar refractivity (Wildman–Crippen MR) is 112 cm³/mol. The third-order valence-electron chi connectivity index (χ3n) is 7.34. The number of hydrogen-bond acceptors (Lipinski definition) is 2. The molecule has 6 rings (SSSR count). The van der Waals surface area contributed by atoms with Gasteiger partial charge in [-0.1, -0.05) is 24.3 Å². The van der Waals surface area contributed by atoms with Gasteiger partial charge in [-0.05, 0) is 68.2 Å². The summed E-state index contributed by atoms with van der Waals surface area (Å²) in [6.45, 7) is 2.07. The fourth-order valence-corrected chi connectivity index (χ4v) is 5.51. The molecule has 2 fully saturated rings. The first-order valence-electron chi connectivity index (χ1n) is 10.9. The minimum Gasteiger partial charge on any atom is -0.341 e. The lowest BCUT2D eigenvalue weighted by molar-refractivity contribution is 0.0816. The van der Waals surface area contributed by atoms with Crippen LogP contribution in [0.15, 0.2) is 42.5 Å². The fourth-order valence-electron chi connectivity index (χ4n) is 5.51. The molecule has 0 aliphatic heterocycles. The van der Waals surface area contributed by atoms with E-state index in [1.54, 1.807) is 0 Å². The van der Waals surface area contributed by atoms with E-state index in [2.05, 4.69) is 29.5 Å². The van der Waals surface area contributed by atoms with E-state index >= 15 is 0 Å². The summed E-state index contributed by atoms with van der Waals surface area (Å²) >= 11 is 0. The van der Waals surface area contributed by atoms with Crippen LogP contribution in [0.4, 0.5) is 8.78 Å². The normalized spacial score (nSPS) is 22.4. The van der Waals surface area contributed by atoms with Crippen molar-refractivity contribution >= 4 is 5.91 Å². The summed E-state index contributed by atoms with van der Waals surface area (Å²) in [5, 5.41) is 7.85. The van der Waals surface area contributed by atoms with E-state index in [1.165, 1.54) is 16.8 Å². The molecule has 4 nitrogen and oxygen atoms in total. The lowest BCUT2D eigenvalue weighted by Gasteiger charge is -2.43. The summed E-state index contributed by atoms with van der Waals surface area (Å²) in [6.07, 6.45) is 4.68. The Labute approximate surface area is 179 Å². The van der Waals surface area contributed by atoms with Gasteiger partial charge in [0.2, 0.25) is 0 Å². The van der Waals surface area contributed by atoms with Crippen molar-refractivity contribution in [2.24, 2.45) is 5.92 Å². The van der Waals surface area contributed by atoms with Crippen LogP contribution in [-0.2, 0) is 12.0 Å². The van der Waals surface area contributed by atoms with Gasteiger partial charge in [-0.25, -0.2) is 13.5 Å². The number of amides is 1. The Bertz CT molecular complexity index is 1230. The number of aryl methyl sites for hydroxylation is 1. The Balaban J connectivity index is 1.40. The quantitative estimate of drug-likeness (QED) is 0.652. The van der Waals surface area contributed by atoms with E-state index in [9.17, 15) is 13.6 Å². The Kier molecular flexibility index (Phi) is 3.92. The van der Waals surface area contributed by atoms with E-state index < -0.39 is 11.6 Å². The van der Waals surface area contributed by atoms with Crippen molar-refractivity contribution in [2.75, 3.05) is 0 Å². The van der Waals surface area contributed by atoms with Crippen LogP contribution in [0.25, 0.3) is 5.69 Å². The van der Waals surface area contributed by atoms with Crippen LogP contribution in [0, 0.1) is 24.5 Å². The fraction of sp³-hybridized carbons (Fsp3) is 0.360. The number of benzene rings is 2. The van der Waals surface area contributed by atoms with E-state index in [1.807, 2.05) is 12.1 Å². The molecule has 3 aromatic rings. The zero-order valence-electron chi connectivity index (χ0n) is 17.3. The predicted octanol–water partition coefficient (Wildman–Crippen LogP) is 4.93. The Morgan fingerprint density at radius 1 is 1.19 bits per heavy atom. The second-order valence-electron chi connectivity index (χ2n) is 9.23. The summed E-state index contributed by atoms with van der Waals surface area (Å²) in [6, 6.07) is 11.7. The van der Waals surface area contributed by atoms with Gasteiger partial charge >= 0.3 is 0 Å². The average molecular weight is 419 g/mol. The molecule has 1 heterocycles. The number of carbonyl (C=O) groups is 1. The molecule has 3 aliphatic rings. The SMILES string of the molecule is Cc1ccccc1C1(NC(=O)c2nn(-c3ccc(F)cc3F)c3c2C[C@H]2C[C@@H]32)CCC1. The molecule has 0 unspecified atom stereocenters. The number of fused-ring (bicyclic) bond motifs is 3. The summed E-state index contributed by atoms with van der Waals surface area (Å²) in [5.41, 5.74) is 4.35. The summed E-state index contributed by atoms with van der Waals surface area (Å²) in [4.78, 5) is 13.5. The molecule has 0 bridgehead atoms. The van der Waals surface area contributed by atoms with Crippen molar-refractivity contribution in [3.8, 4) is 5.69 Å². The minimum absolute atomic E-state index is 0.196. The monoisotopic (exact) mass is 419 g/mol. The van der Waals surface area contributed by atoms with Crippen molar-refractivity contribution in [1.82, 2.24) is 15.1 Å². The molecule has 3 aliphatic carbocycles. The number of aromatic nitrogens is 2. The molecule has 0 spiro atoms. The van der Waals surface area contributed by atoms with Gasteiger partial charge in [0.05, 0.1) is 11.2 Å². The standard InChI is InChI=1S/C25H23F2N3O/c1-14-5-2-3-6-19(14)25(9-4-10-25)28-24(31)22-18-12-15-11-17(15)23(18)30(29-22)21-8-7-16(26)13-20(21)27/h2-3,5-8,13,15,17H,4,9-12H2,1H3,(H,28,31)/t15-,17-/m1/s1. The Morgan fingerprint density at radius 3 is 2.71 bits per heavy atom. The van der Waals surface area contributed by atoms with Gasteiger partial charge < -0.3 is 5.32 Å². The molecule has 0 saturated heterocycles. The molecule has 158 valence electrons. The van der Waals surface area contributed by atoms with Crippen LogP contribution in [0.5, 0.6) is 0 Å². The third-order valence-corrected chi connectivity index (χ3v) is 7.34. The average Bonchev–Trinajstić information content (AvgIpc) is 3.21. The summed E-state index contributed by atoms with van der Waals surface area (Å²) < 4.78 is 29.5. The molecular weight excluding hydrogens is 396 g/mol. The second kappa shape index (κ2) is 6.49. The first-order valence-corrected chi connectivity index (χ1v) is 10.9. The Hall–Kier alpha value is -3.02. The maximum Gasteiger partial charge on any atom is 0.272 e. The van der Waals surface area contributed by atoms with Crippen LogP contribution >= 0.6 is 0 Å². The maximum absolute atomic E-state index is 14.6. The highest BCUT2D eigenvalue weighted by atomic mass is 19.1. The van der Waals surface area contributed by atoms with Gasteiger partial charge in [0.15, 0.2) is 11.5 Å². The smallest absolute Gasteiger partial charge is 0.272 e. The molecule has 2 saturated carbocycles. The van der Waals surface area contributed by atoms with Gasteiger partial charge in [-0.3, -0.25) is 4.79 Å². The maximum atomic E-state index is 14.6. The lowest BCUT2D eigenvalue weighted by atomic mass is 9.70. The number of hydrogen-bond donors (Lipinski definition) is 1. The van der Waals surface area contributed by atoms with Crippen LogP contribution in [-0.4, -0.2) is 15.7 Å². The zero-order valence-corrected chi connectivity index (χ0v) is 17.3. The first-order chi connectivity index (χ1) is 15.0. The molecule has 0 radical (unpaired) electrons. The third kappa shape index (κ3) is 2.77. The number of nitrogens with one attached hydrogen (secondary N) is 1. The minimum atomic E-state index is -0.670. The number of halogens is 2. The van der Waals surface area contributed by atoms with Gasteiger partial charge in [0.1, 0.15) is 11.5 Å². The topological polar surface area (TPSA) is 46.9 Å². The van der Waals surface area contributed by atoms with Crippen molar-refractivity contribution < 1.29 is 13.6 Å². The van der Waals surface area contributed by atoms with Gasteiger partial charge in [-0.15, -0.1) is 0 Å². The molecule has 2 aromatic carbocycles. The van der Waals surface area contributed by atoms with E-state index in [4.69, 9.17) is 0 Å². The van der Waals surface area contributed by atoms with E-state index in [-0.39, 0.29) is 17.1 Å². The highest BCUT2D eigenvalue weighted by Gasteiger charge is 2.51. The van der Waals surface area contributed by atoms with Crippen molar-refractivity contribution in [3.63, 3.8) is 0 Å². The molecule has 1 N–H and O–H groups in total. The van der Waals surface area contributed by atoms with Crippen molar-refractivity contribution in [1.29, 1.82) is 0 Å². The molecule has 2 atom stereocenters. The molecule has 6 heteroatoms. The first kappa shape index (κ1) is 18.7. The van der Waals surface area contributed by atoms with Gasteiger partial charge in [-0.2, -0.15) is 5.10 Å². The largest absolute Gasteiger partial charge is 0.341 e. The lowest BCUT2D eigenvalue weighted by Crippen LogP contribution is -2.51. The zero-order chi connectivity index (χ0) is 21.3. The van der Waals surface area contributed by atoms with Gasteiger partial charge in [0, 0.05) is 17.5 Å². The number of rotatable bonds is 4. The van der Waals surface area contributed by atoms with Crippen LogP contribution in [0.2, 0.25) is 0 Å². The Morgan fingerprint density at radius 2 is 2.00 bits per heavy atom. The van der Waals surface area contributed by atoms with E-state index in [0.29, 0.717) is 17.5 Å². The van der Waals surface area contributed by atoms with Crippen LogP contribution in [0.1, 0.15) is 64.5 Å². The van der Waals surface area contributed by atoms with Crippen molar-refractivity contribution in [3.05, 3.63) is 82.2 Å².